The summed E-state index contributed by atoms with van der Waals surface area (Å²) in [5.74, 6) is 0. The van der Waals surface area contributed by atoms with Crippen LogP contribution in [0.5, 0.6) is 0 Å². The van der Waals surface area contributed by atoms with Crippen LogP contribution in [0.15, 0.2) is 12.1 Å². The van der Waals surface area contributed by atoms with Crippen molar-refractivity contribution in [1.29, 1.82) is 0 Å². The third-order valence-corrected chi connectivity index (χ3v) is 3.72. The van der Waals surface area contributed by atoms with Crippen LogP contribution >= 0.6 is 0 Å². The first-order chi connectivity index (χ1) is 8.50. The quantitative estimate of drug-likeness (QED) is 0.871. The lowest BCUT2D eigenvalue weighted by Gasteiger charge is -2.09. The molecule has 0 aliphatic carbocycles. The van der Waals surface area contributed by atoms with Crippen LogP contribution < -0.4 is 0 Å². The molecule has 0 fully saturated rings. The van der Waals surface area contributed by atoms with Crippen molar-refractivity contribution >= 4 is 10.9 Å². The number of nitrogens with zero attached hydrogens (tertiary/aromatic N) is 1. The van der Waals surface area contributed by atoms with Crippen LogP contribution in [0.3, 0.4) is 0 Å². The van der Waals surface area contributed by atoms with Gasteiger partial charge in [-0.3, -0.25) is 0 Å². The van der Waals surface area contributed by atoms with Gasteiger partial charge in [0.25, 0.3) is 0 Å². The fourth-order valence-corrected chi connectivity index (χ4v) is 2.70. The SMILES string of the molecule is Cc1[nH]c2c(C)ccc(C)c2c1CCCN(C)C. The van der Waals surface area contributed by atoms with Gasteiger partial charge in [-0.25, -0.2) is 0 Å². The van der Waals surface area contributed by atoms with E-state index in [1.807, 2.05) is 0 Å². The second-order valence-corrected chi connectivity index (χ2v) is 5.58. The van der Waals surface area contributed by atoms with Gasteiger partial charge in [-0.2, -0.15) is 0 Å². The van der Waals surface area contributed by atoms with Crippen LogP contribution in [0.25, 0.3) is 10.9 Å². The van der Waals surface area contributed by atoms with Crippen molar-refractivity contribution in [3.05, 3.63) is 34.5 Å². The average molecular weight is 244 g/mol. The number of rotatable bonds is 4. The Kier molecular flexibility index (Phi) is 3.76. The van der Waals surface area contributed by atoms with Crippen LogP contribution in [0, 0.1) is 20.8 Å². The number of fused-ring (bicyclic) bond motifs is 1. The molecule has 0 saturated heterocycles. The Morgan fingerprint density at radius 2 is 1.72 bits per heavy atom. The number of H-pyrrole nitrogens is 1. The van der Waals surface area contributed by atoms with Gasteiger partial charge < -0.3 is 9.88 Å². The number of aromatic amines is 1. The van der Waals surface area contributed by atoms with Crippen LogP contribution in [0.1, 0.15) is 28.8 Å². The summed E-state index contributed by atoms with van der Waals surface area (Å²) in [5, 5.41) is 1.45. The highest BCUT2D eigenvalue weighted by Crippen LogP contribution is 2.28. The first-order valence-electron chi connectivity index (χ1n) is 6.72. The molecule has 0 amide bonds. The maximum Gasteiger partial charge on any atom is 0.0491 e. The molecule has 1 aromatic carbocycles. The van der Waals surface area contributed by atoms with Gasteiger partial charge in [0.05, 0.1) is 0 Å². The van der Waals surface area contributed by atoms with Crippen molar-refractivity contribution in [2.24, 2.45) is 0 Å². The molecule has 0 aliphatic rings. The topological polar surface area (TPSA) is 19.0 Å². The highest BCUT2D eigenvalue weighted by atomic mass is 15.0. The Morgan fingerprint density at radius 1 is 1.06 bits per heavy atom. The molecule has 0 radical (unpaired) electrons. The Morgan fingerprint density at radius 3 is 2.39 bits per heavy atom. The van der Waals surface area contributed by atoms with Crippen LogP contribution in [-0.4, -0.2) is 30.5 Å². The summed E-state index contributed by atoms with van der Waals surface area (Å²) in [6.07, 6.45) is 2.38. The molecule has 1 aromatic heterocycles. The zero-order chi connectivity index (χ0) is 13.3. The van der Waals surface area contributed by atoms with Crippen LogP contribution in [-0.2, 0) is 6.42 Å². The molecule has 2 nitrogen and oxygen atoms in total. The number of aryl methyl sites for hydroxylation is 4. The van der Waals surface area contributed by atoms with Gasteiger partial charge in [0, 0.05) is 16.6 Å². The predicted molar refractivity (Wildman–Crippen MR) is 79.4 cm³/mol. The first-order valence-corrected chi connectivity index (χ1v) is 6.72. The van der Waals surface area contributed by atoms with Crippen molar-refractivity contribution < 1.29 is 0 Å². The lowest BCUT2D eigenvalue weighted by atomic mass is 10.00. The molecule has 1 heterocycles. The van der Waals surface area contributed by atoms with Crippen molar-refractivity contribution in [3.8, 4) is 0 Å². The summed E-state index contributed by atoms with van der Waals surface area (Å²) in [7, 11) is 4.27. The minimum atomic E-state index is 1.15. The highest BCUT2D eigenvalue weighted by Gasteiger charge is 2.11. The highest BCUT2D eigenvalue weighted by molar-refractivity contribution is 5.90. The van der Waals surface area contributed by atoms with Crippen molar-refractivity contribution in [3.63, 3.8) is 0 Å². The van der Waals surface area contributed by atoms with Gasteiger partial charge in [0.15, 0.2) is 0 Å². The van der Waals surface area contributed by atoms with Crippen molar-refractivity contribution in [1.82, 2.24) is 9.88 Å². The normalized spacial score (nSPS) is 11.7. The molecule has 0 saturated carbocycles. The number of benzene rings is 1. The molecule has 0 unspecified atom stereocenters. The van der Waals surface area contributed by atoms with E-state index in [9.17, 15) is 0 Å². The third kappa shape index (κ3) is 2.44. The predicted octanol–water partition coefficient (Wildman–Crippen LogP) is 3.59. The van der Waals surface area contributed by atoms with Gasteiger partial charge in [-0.05, 0) is 70.9 Å². The van der Waals surface area contributed by atoms with E-state index in [4.69, 9.17) is 0 Å². The molecule has 0 atom stereocenters. The van der Waals surface area contributed by atoms with E-state index in [1.54, 1.807) is 0 Å². The lowest BCUT2D eigenvalue weighted by Crippen LogP contribution is -2.13. The smallest absolute Gasteiger partial charge is 0.0491 e. The summed E-state index contributed by atoms with van der Waals surface area (Å²) in [4.78, 5) is 5.81. The molecule has 2 aromatic rings. The van der Waals surface area contributed by atoms with Gasteiger partial charge in [-0.1, -0.05) is 12.1 Å². The van der Waals surface area contributed by atoms with Crippen LogP contribution in [0.2, 0.25) is 0 Å². The van der Waals surface area contributed by atoms with Gasteiger partial charge in [-0.15, -0.1) is 0 Å². The molecule has 1 N–H and O–H groups in total. The molecule has 98 valence electrons. The standard InChI is InChI=1S/C16H24N2/c1-11-8-9-12(2)16-15(11)14(13(3)17-16)7-6-10-18(4)5/h8-9,17H,6-7,10H2,1-5H3. The second kappa shape index (κ2) is 5.15. The third-order valence-electron chi connectivity index (χ3n) is 3.72. The van der Waals surface area contributed by atoms with Crippen molar-refractivity contribution in [2.75, 3.05) is 20.6 Å². The van der Waals surface area contributed by atoms with E-state index in [2.05, 4.69) is 56.9 Å². The number of nitrogens with one attached hydrogen (secondary N) is 1. The van der Waals surface area contributed by atoms with Gasteiger partial charge in [0.2, 0.25) is 0 Å². The van der Waals surface area contributed by atoms with Gasteiger partial charge >= 0.3 is 0 Å². The van der Waals surface area contributed by atoms with E-state index in [0.29, 0.717) is 0 Å². The maximum absolute atomic E-state index is 3.56. The summed E-state index contributed by atoms with van der Waals surface area (Å²) in [5.41, 5.74) is 6.90. The largest absolute Gasteiger partial charge is 0.358 e. The molecule has 0 bridgehead atoms. The summed E-state index contributed by atoms with van der Waals surface area (Å²) in [6, 6.07) is 4.44. The van der Waals surface area contributed by atoms with Gasteiger partial charge in [0.1, 0.15) is 0 Å². The van der Waals surface area contributed by atoms with Crippen molar-refractivity contribution in [2.45, 2.75) is 33.6 Å². The molecule has 2 heteroatoms. The fourth-order valence-electron chi connectivity index (χ4n) is 2.70. The maximum atomic E-state index is 3.56. The van der Waals surface area contributed by atoms with E-state index in [0.717, 1.165) is 13.0 Å². The van der Waals surface area contributed by atoms with Crippen LogP contribution in [0.4, 0.5) is 0 Å². The molecule has 18 heavy (non-hydrogen) atoms. The summed E-state index contributed by atoms with van der Waals surface area (Å²) >= 11 is 0. The monoisotopic (exact) mass is 244 g/mol. The van der Waals surface area contributed by atoms with E-state index in [-0.39, 0.29) is 0 Å². The first kappa shape index (κ1) is 13.2. The Bertz CT molecular complexity index is 550. The Labute approximate surface area is 110 Å². The Balaban J connectivity index is 2.37. The lowest BCUT2D eigenvalue weighted by molar-refractivity contribution is 0.400. The van der Waals surface area contributed by atoms with E-state index in [1.165, 1.54) is 39.7 Å². The summed E-state index contributed by atoms with van der Waals surface area (Å²) in [6.45, 7) is 7.74. The number of hydrogen-bond acceptors (Lipinski definition) is 1. The van der Waals surface area contributed by atoms with E-state index >= 15 is 0 Å². The molecule has 0 spiro atoms. The minimum absolute atomic E-state index is 1.15. The Hall–Kier alpha value is -1.28. The average Bonchev–Trinajstić information content (AvgIpc) is 2.63. The zero-order valence-corrected chi connectivity index (χ0v) is 12.2. The number of aromatic nitrogens is 1. The molecule has 2 rings (SSSR count). The minimum Gasteiger partial charge on any atom is -0.358 e. The molecular formula is C16H24N2. The fraction of sp³-hybridized carbons (Fsp3) is 0.500. The van der Waals surface area contributed by atoms with E-state index < -0.39 is 0 Å². The second-order valence-electron chi connectivity index (χ2n) is 5.58. The zero-order valence-electron chi connectivity index (χ0n) is 12.2. The molecular weight excluding hydrogens is 220 g/mol. The number of hydrogen-bond donors (Lipinski definition) is 1. The summed E-state index contributed by atoms with van der Waals surface area (Å²) < 4.78 is 0. The molecule has 0 aliphatic heterocycles.